The van der Waals surface area contributed by atoms with Crippen molar-refractivity contribution in [1.29, 1.82) is 0 Å². The van der Waals surface area contributed by atoms with Gasteiger partial charge in [0.05, 0.1) is 11.4 Å². The number of nitrogens with zero attached hydrogens (tertiary/aromatic N) is 3. The number of amides is 2. The van der Waals surface area contributed by atoms with Gasteiger partial charge in [0.2, 0.25) is 5.91 Å². The number of nitrogen functional groups attached to an aromatic ring is 1. The van der Waals surface area contributed by atoms with Gasteiger partial charge in [0.1, 0.15) is 0 Å². The van der Waals surface area contributed by atoms with Crippen molar-refractivity contribution in [1.82, 2.24) is 20.0 Å². The highest BCUT2D eigenvalue weighted by atomic mass is 16.2. The molecule has 2 fully saturated rings. The third-order valence-corrected chi connectivity index (χ3v) is 4.22. The van der Waals surface area contributed by atoms with Gasteiger partial charge in [0, 0.05) is 32.1 Å². The van der Waals surface area contributed by atoms with Crippen molar-refractivity contribution in [3.63, 3.8) is 0 Å². The van der Waals surface area contributed by atoms with Gasteiger partial charge in [0.15, 0.2) is 5.69 Å². The Labute approximate surface area is 117 Å². The number of rotatable bonds is 2. The highest BCUT2D eigenvalue weighted by Gasteiger charge is 2.37. The van der Waals surface area contributed by atoms with E-state index >= 15 is 0 Å². The highest BCUT2D eigenvalue weighted by Crippen LogP contribution is 2.24. The van der Waals surface area contributed by atoms with Crippen molar-refractivity contribution >= 4 is 17.5 Å². The number of carbonyl (C=O) groups is 2. The van der Waals surface area contributed by atoms with E-state index in [-0.39, 0.29) is 17.9 Å². The molecule has 2 aliphatic rings. The number of hydrogen-bond acceptors (Lipinski definition) is 4. The fourth-order valence-electron chi connectivity index (χ4n) is 3.02. The molecule has 0 aromatic carbocycles. The van der Waals surface area contributed by atoms with E-state index in [1.54, 1.807) is 4.90 Å². The van der Waals surface area contributed by atoms with Gasteiger partial charge < -0.3 is 15.5 Å². The van der Waals surface area contributed by atoms with Crippen LogP contribution in [0.2, 0.25) is 0 Å². The maximum Gasteiger partial charge on any atom is 0.276 e. The van der Waals surface area contributed by atoms with Crippen LogP contribution in [0.4, 0.5) is 5.69 Å². The van der Waals surface area contributed by atoms with Crippen LogP contribution in [-0.2, 0) is 11.2 Å². The zero-order valence-corrected chi connectivity index (χ0v) is 11.6. The number of carbonyl (C=O) groups excluding carboxylic acids is 2. The number of piperazine rings is 1. The number of aryl methyl sites for hydroxylation is 1. The largest absolute Gasteiger partial charge is 0.395 e. The molecule has 7 heteroatoms. The van der Waals surface area contributed by atoms with E-state index in [2.05, 4.69) is 10.2 Å². The Morgan fingerprint density at radius 1 is 1.50 bits per heavy atom. The second kappa shape index (κ2) is 4.81. The van der Waals surface area contributed by atoms with Gasteiger partial charge >= 0.3 is 0 Å². The van der Waals surface area contributed by atoms with E-state index in [4.69, 9.17) is 5.73 Å². The van der Waals surface area contributed by atoms with Crippen LogP contribution in [0, 0.1) is 0 Å². The van der Waals surface area contributed by atoms with Crippen LogP contribution in [0.5, 0.6) is 0 Å². The summed E-state index contributed by atoms with van der Waals surface area (Å²) < 4.78 is 0. The summed E-state index contributed by atoms with van der Waals surface area (Å²) in [6.07, 6.45) is 2.15. The third-order valence-electron chi connectivity index (χ3n) is 4.22. The van der Waals surface area contributed by atoms with Gasteiger partial charge in [-0.15, -0.1) is 0 Å². The Hall–Kier alpha value is -2.05. The summed E-state index contributed by atoms with van der Waals surface area (Å²) in [6.45, 7) is 3.70. The molecule has 2 amide bonds. The van der Waals surface area contributed by atoms with E-state index in [0.29, 0.717) is 37.4 Å². The fraction of sp³-hybridized carbons (Fsp3) is 0.615. The van der Waals surface area contributed by atoms with E-state index in [9.17, 15) is 9.59 Å². The zero-order valence-electron chi connectivity index (χ0n) is 11.6. The lowest BCUT2D eigenvalue weighted by molar-refractivity contribution is -0.130. The van der Waals surface area contributed by atoms with Gasteiger partial charge in [0.25, 0.3) is 5.91 Å². The lowest BCUT2D eigenvalue weighted by atomic mass is 10.1. The van der Waals surface area contributed by atoms with Crippen LogP contribution in [0.3, 0.4) is 0 Å². The Bertz CT molecular complexity index is 553. The summed E-state index contributed by atoms with van der Waals surface area (Å²) in [6, 6.07) is 0.158. The summed E-state index contributed by atoms with van der Waals surface area (Å²) in [5.41, 5.74) is 7.49. The number of anilines is 1. The van der Waals surface area contributed by atoms with E-state index < -0.39 is 0 Å². The van der Waals surface area contributed by atoms with Gasteiger partial charge in [-0.1, -0.05) is 6.92 Å². The summed E-state index contributed by atoms with van der Waals surface area (Å²) >= 11 is 0. The molecule has 1 unspecified atom stereocenters. The first-order valence-electron chi connectivity index (χ1n) is 7.03. The van der Waals surface area contributed by atoms with E-state index in [0.717, 1.165) is 18.5 Å². The minimum Gasteiger partial charge on any atom is -0.395 e. The summed E-state index contributed by atoms with van der Waals surface area (Å²) in [7, 11) is 0. The molecule has 2 aliphatic heterocycles. The number of aromatic nitrogens is 2. The predicted octanol–water partition coefficient (Wildman–Crippen LogP) is 0.00110. The van der Waals surface area contributed by atoms with Crippen LogP contribution >= 0.6 is 0 Å². The minimum absolute atomic E-state index is 0.141. The van der Waals surface area contributed by atoms with Gasteiger partial charge in [-0.3, -0.25) is 14.7 Å². The SMILES string of the molecule is CCc1[nH]nc(C(=O)N2CCN3C(=O)CCC3C2)c1N. The topological polar surface area (TPSA) is 95.3 Å². The first kappa shape index (κ1) is 13.0. The van der Waals surface area contributed by atoms with Crippen molar-refractivity contribution in [2.45, 2.75) is 32.2 Å². The van der Waals surface area contributed by atoms with Crippen molar-refractivity contribution in [2.75, 3.05) is 25.4 Å². The number of nitrogens with two attached hydrogens (primary N) is 1. The molecule has 108 valence electrons. The standard InChI is InChI=1S/C13H19N5O2/c1-2-9-11(14)12(16-15-9)13(20)17-5-6-18-8(7-17)3-4-10(18)19/h8H,2-7,14H2,1H3,(H,15,16). The Morgan fingerprint density at radius 2 is 2.30 bits per heavy atom. The maximum absolute atomic E-state index is 12.5. The quantitative estimate of drug-likeness (QED) is 0.795. The van der Waals surface area contributed by atoms with Crippen LogP contribution < -0.4 is 5.73 Å². The zero-order chi connectivity index (χ0) is 14.3. The summed E-state index contributed by atoms with van der Waals surface area (Å²) in [5.74, 6) is 0.0621. The molecule has 1 aromatic heterocycles. The van der Waals surface area contributed by atoms with Crippen molar-refractivity contribution in [3.8, 4) is 0 Å². The molecular weight excluding hydrogens is 258 g/mol. The van der Waals surface area contributed by atoms with Crippen LogP contribution in [0.1, 0.15) is 35.9 Å². The first-order chi connectivity index (χ1) is 9.61. The molecule has 0 spiro atoms. The Morgan fingerprint density at radius 3 is 3.00 bits per heavy atom. The molecule has 3 N–H and O–H groups in total. The van der Waals surface area contributed by atoms with Gasteiger partial charge in [-0.2, -0.15) is 5.10 Å². The predicted molar refractivity (Wildman–Crippen MR) is 73.0 cm³/mol. The Kier molecular flexibility index (Phi) is 3.11. The van der Waals surface area contributed by atoms with Gasteiger partial charge in [-0.05, 0) is 12.8 Å². The van der Waals surface area contributed by atoms with Crippen molar-refractivity contribution in [2.24, 2.45) is 0 Å². The monoisotopic (exact) mass is 277 g/mol. The number of nitrogens with one attached hydrogen (secondary N) is 1. The third kappa shape index (κ3) is 1.93. The minimum atomic E-state index is -0.141. The van der Waals surface area contributed by atoms with Crippen molar-refractivity contribution in [3.05, 3.63) is 11.4 Å². The molecule has 0 radical (unpaired) electrons. The lowest BCUT2D eigenvalue weighted by Crippen LogP contribution is -2.53. The summed E-state index contributed by atoms with van der Waals surface area (Å²) in [4.78, 5) is 27.8. The normalized spacial score (nSPS) is 22.2. The number of H-pyrrole nitrogens is 1. The number of fused-ring (bicyclic) bond motifs is 1. The molecule has 7 nitrogen and oxygen atoms in total. The maximum atomic E-state index is 12.5. The molecule has 20 heavy (non-hydrogen) atoms. The second-order valence-electron chi connectivity index (χ2n) is 5.35. The van der Waals surface area contributed by atoms with Crippen LogP contribution in [0.15, 0.2) is 0 Å². The first-order valence-corrected chi connectivity index (χ1v) is 7.03. The average Bonchev–Trinajstić information content (AvgIpc) is 3.01. The molecule has 1 aromatic rings. The molecule has 0 saturated carbocycles. The van der Waals surface area contributed by atoms with E-state index in [1.165, 1.54) is 0 Å². The smallest absolute Gasteiger partial charge is 0.276 e. The van der Waals surface area contributed by atoms with Crippen LogP contribution in [0.25, 0.3) is 0 Å². The molecule has 2 saturated heterocycles. The molecule has 0 aliphatic carbocycles. The molecule has 0 bridgehead atoms. The molecule has 3 rings (SSSR count). The lowest BCUT2D eigenvalue weighted by Gasteiger charge is -2.37. The number of hydrogen-bond donors (Lipinski definition) is 2. The molecule has 3 heterocycles. The second-order valence-corrected chi connectivity index (χ2v) is 5.35. The molecular formula is C13H19N5O2. The van der Waals surface area contributed by atoms with Gasteiger partial charge in [-0.25, -0.2) is 0 Å². The number of aromatic amines is 1. The summed E-state index contributed by atoms with van der Waals surface area (Å²) in [5, 5.41) is 6.85. The van der Waals surface area contributed by atoms with E-state index in [1.807, 2.05) is 11.8 Å². The highest BCUT2D eigenvalue weighted by molar-refractivity contribution is 5.97. The van der Waals surface area contributed by atoms with Crippen molar-refractivity contribution < 1.29 is 9.59 Å². The molecule has 1 atom stereocenters. The Balaban J connectivity index is 1.75. The average molecular weight is 277 g/mol. The fourth-order valence-corrected chi connectivity index (χ4v) is 3.02. The van der Waals surface area contributed by atoms with Crippen LogP contribution in [-0.4, -0.2) is 57.5 Å².